The number of ether oxygens (including phenoxy) is 2. The van der Waals surface area contributed by atoms with E-state index in [0.29, 0.717) is 13.0 Å². The van der Waals surface area contributed by atoms with Crippen molar-refractivity contribution in [1.82, 2.24) is 4.90 Å². The van der Waals surface area contributed by atoms with Gasteiger partial charge in [-0.25, -0.2) is 9.59 Å². The van der Waals surface area contributed by atoms with Crippen LogP contribution in [-0.4, -0.2) is 49.1 Å². The minimum Gasteiger partial charge on any atom is -0.464 e. The lowest BCUT2D eigenvalue weighted by Gasteiger charge is -2.27. The molecule has 136 valence electrons. The van der Waals surface area contributed by atoms with E-state index >= 15 is 0 Å². The second-order valence-corrected chi connectivity index (χ2v) is 6.52. The fraction of sp³-hybridized carbons (Fsp3) is 0.882. The Kier molecular flexibility index (Phi) is 12.9. The zero-order valence-corrected chi connectivity index (χ0v) is 15.7. The van der Waals surface area contributed by atoms with Gasteiger partial charge in [0.15, 0.2) is 0 Å². The molecule has 0 spiro atoms. The number of amides is 1. The van der Waals surface area contributed by atoms with Gasteiger partial charge in [0.05, 0.1) is 12.5 Å². The summed E-state index contributed by atoms with van der Waals surface area (Å²) in [5.41, 5.74) is 0. The third-order valence-electron chi connectivity index (χ3n) is 3.52. The van der Waals surface area contributed by atoms with Gasteiger partial charge in [0.25, 0.3) is 0 Å². The van der Waals surface area contributed by atoms with Crippen molar-refractivity contribution in [3.05, 3.63) is 0 Å². The van der Waals surface area contributed by atoms with Gasteiger partial charge >= 0.3 is 12.1 Å². The standard InChI is InChI=1S/C17H32ClNO4/c1-5-6-7-8-9-11-22-16(20)15(13-14(2)3)19(4)17(21)23-12-10-18/h14-15H,5-13H2,1-4H3. The van der Waals surface area contributed by atoms with Crippen LogP contribution in [-0.2, 0) is 14.3 Å². The number of hydrogen-bond acceptors (Lipinski definition) is 4. The lowest BCUT2D eigenvalue weighted by molar-refractivity contribution is -0.149. The van der Waals surface area contributed by atoms with Crippen LogP contribution in [0.1, 0.15) is 59.3 Å². The van der Waals surface area contributed by atoms with Gasteiger partial charge in [0.2, 0.25) is 0 Å². The number of nitrogens with zero attached hydrogens (tertiary/aromatic N) is 1. The summed E-state index contributed by atoms with van der Waals surface area (Å²) in [5.74, 6) is 0.135. The normalized spacial score (nSPS) is 12.1. The molecule has 0 aromatic rings. The van der Waals surface area contributed by atoms with E-state index in [-0.39, 0.29) is 24.4 Å². The SMILES string of the molecule is CCCCCCCOC(=O)C(CC(C)C)N(C)C(=O)OCCCl. The van der Waals surface area contributed by atoms with E-state index in [1.54, 1.807) is 7.05 Å². The topological polar surface area (TPSA) is 55.8 Å². The van der Waals surface area contributed by atoms with Crippen molar-refractivity contribution in [2.75, 3.05) is 26.1 Å². The van der Waals surface area contributed by atoms with Gasteiger partial charge in [0, 0.05) is 7.05 Å². The van der Waals surface area contributed by atoms with Gasteiger partial charge in [-0.15, -0.1) is 11.6 Å². The number of likely N-dealkylation sites (N-methyl/N-ethyl adjacent to an activating group) is 1. The average Bonchev–Trinajstić information content (AvgIpc) is 2.52. The molecule has 0 heterocycles. The first-order valence-electron chi connectivity index (χ1n) is 8.56. The maximum atomic E-state index is 12.3. The molecule has 0 radical (unpaired) electrons. The Morgan fingerprint density at radius 1 is 1.04 bits per heavy atom. The molecule has 0 aromatic carbocycles. The lowest BCUT2D eigenvalue weighted by atomic mass is 10.0. The van der Waals surface area contributed by atoms with Crippen molar-refractivity contribution in [2.45, 2.75) is 65.3 Å². The number of halogens is 1. The highest BCUT2D eigenvalue weighted by atomic mass is 35.5. The first-order chi connectivity index (χ1) is 10.9. The van der Waals surface area contributed by atoms with Crippen molar-refractivity contribution in [3.63, 3.8) is 0 Å². The maximum Gasteiger partial charge on any atom is 0.410 e. The van der Waals surface area contributed by atoms with Crippen molar-refractivity contribution in [1.29, 1.82) is 0 Å². The van der Waals surface area contributed by atoms with Crippen molar-refractivity contribution in [2.24, 2.45) is 5.92 Å². The van der Waals surface area contributed by atoms with E-state index in [4.69, 9.17) is 21.1 Å². The molecule has 0 aliphatic carbocycles. The summed E-state index contributed by atoms with van der Waals surface area (Å²) >= 11 is 5.51. The second kappa shape index (κ2) is 13.5. The smallest absolute Gasteiger partial charge is 0.410 e. The van der Waals surface area contributed by atoms with E-state index < -0.39 is 12.1 Å². The summed E-state index contributed by atoms with van der Waals surface area (Å²) in [7, 11) is 1.56. The lowest BCUT2D eigenvalue weighted by Crippen LogP contribution is -2.44. The first kappa shape index (κ1) is 22.0. The number of carbonyl (C=O) groups is 2. The molecule has 0 bridgehead atoms. The Morgan fingerprint density at radius 2 is 1.70 bits per heavy atom. The van der Waals surface area contributed by atoms with Crippen LogP contribution < -0.4 is 0 Å². The molecular formula is C17H32ClNO4. The van der Waals surface area contributed by atoms with Crippen LogP contribution in [0.25, 0.3) is 0 Å². The summed E-state index contributed by atoms with van der Waals surface area (Å²) in [5, 5.41) is 0. The minimum absolute atomic E-state index is 0.131. The maximum absolute atomic E-state index is 12.3. The molecule has 6 heteroatoms. The zero-order chi connectivity index (χ0) is 17.7. The van der Waals surface area contributed by atoms with Crippen LogP contribution in [0.15, 0.2) is 0 Å². The molecule has 23 heavy (non-hydrogen) atoms. The highest BCUT2D eigenvalue weighted by molar-refractivity contribution is 6.18. The van der Waals surface area contributed by atoms with Crippen molar-refractivity contribution in [3.8, 4) is 0 Å². The minimum atomic E-state index is -0.617. The number of alkyl halides is 1. The van der Waals surface area contributed by atoms with Crippen molar-refractivity contribution < 1.29 is 19.1 Å². The van der Waals surface area contributed by atoms with Gasteiger partial charge in [-0.1, -0.05) is 46.5 Å². The van der Waals surface area contributed by atoms with Crippen molar-refractivity contribution >= 4 is 23.7 Å². The van der Waals surface area contributed by atoms with E-state index in [1.807, 2.05) is 13.8 Å². The summed E-state index contributed by atoms with van der Waals surface area (Å²) in [6.07, 6.45) is 5.47. The molecule has 0 fully saturated rings. The number of hydrogen-bond donors (Lipinski definition) is 0. The number of carbonyl (C=O) groups excluding carboxylic acids is 2. The molecule has 0 saturated heterocycles. The average molecular weight is 350 g/mol. The van der Waals surface area contributed by atoms with Crippen LogP contribution in [0.3, 0.4) is 0 Å². The molecular weight excluding hydrogens is 318 g/mol. The largest absolute Gasteiger partial charge is 0.464 e. The zero-order valence-electron chi connectivity index (χ0n) is 15.0. The molecule has 1 atom stereocenters. The monoisotopic (exact) mass is 349 g/mol. The van der Waals surface area contributed by atoms with Gasteiger partial charge in [0.1, 0.15) is 12.6 Å². The molecule has 0 rings (SSSR count). The summed E-state index contributed by atoms with van der Waals surface area (Å²) in [6.45, 7) is 6.70. The third kappa shape index (κ3) is 10.4. The molecule has 0 N–H and O–H groups in total. The van der Waals surface area contributed by atoms with E-state index in [1.165, 1.54) is 17.7 Å². The fourth-order valence-electron chi connectivity index (χ4n) is 2.19. The molecule has 5 nitrogen and oxygen atoms in total. The number of rotatable bonds is 12. The quantitative estimate of drug-likeness (QED) is 0.300. The van der Waals surface area contributed by atoms with Gasteiger partial charge in [-0.05, 0) is 18.8 Å². The highest BCUT2D eigenvalue weighted by Gasteiger charge is 2.29. The van der Waals surface area contributed by atoms with Crippen LogP contribution >= 0.6 is 11.6 Å². The van der Waals surface area contributed by atoms with E-state index in [9.17, 15) is 9.59 Å². The number of esters is 1. The van der Waals surface area contributed by atoms with E-state index in [2.05, 4.69) is 6.92 Å². The summed E-state index contributed by atoms with van der Waals surface area (Å²) in [6, 6.07) is -0.617. The summed E-state index contributed by atoms with van der Waals surface area (Å²) in [4.78, 5) is 25.5. The molecule has 0 aromatic heterocycles. The highest BCUT2D eigenvalue weighted by Crippen LogP contribution is 2.14. The molecule has 0 saturated carbocycles. The molecule has 0 aliphatic rings. The second-order valence-electron chi connectivity index (χ2n) is 6.14. The Morgan fingerprint density at radius 3 is 2.26 bits per heavy atom. The molecule has 1 unspecified atom stereocenters. The van der Waals surface area contributed by atoms with Crippen LogP contribution in [0.5, 0.6) is 0 Å². The Labute approximate surface area is 145 Å². The predicted molar refractivity (Wildman–Crippen MR) is 92.8 cm³/mol. The number of unbranched alkanes of at least 4 members (excludes halogenated alkanes) is 4. The van der Waals surface area contributed by atoms with E-state index in [0.717, 1.165) is 19.3 Å². The van der Waals surface area contributed by atoms with Gasteiger partial charge < -0.3 is 9.47 Å². The summed E-state index contributed by atoms with van der Waals surface area (Å²) < 4.78 is 10.3. The Balaban J connectivity index is 4.39. The van der Waals surface area contributed by atoms with Crippen LogP contribution in [0, 0.1) is 5.92 Å². The molecule has 1 amide bonds. The third-order valence-corrected chi connectivity index (χ3v) is 3.67. The molecule has 0 aliphatic heterocycles. The predicted octanol–water partition coefficient (Wildman–Crippen LogP) is 4.22. The first-order valence-corrected chi connectivity index (χ1v) is 9.09. The van der Waals surface area contributed by atoms with Gasteiger partial charge in [-0.2, -0.15) is 0 Å². The van der Waals surface area contributed by atoms with Gasteiger partial charge in [-0.3, -0.25) is 4.90 Å². The Bertz CT molecular complexity index is 337. The fourth-order valence-corrected chi connectivity index (χ4v) is 2.27. The van der Waals surface area contributed by atoms with Crippen LogP contribution in [0.2, 0.25) is 0 Å². The van der Waals surface area contributed by atoms with Crippen LogP contribution in [0.4, 0.5) is 4.79 Å². The Hall–Kier alpha value is -0.970.